The minimum atomic E-state index is -0.0471. The number of rotatable bonds is 5. The lowest BCUT2D eigenvalue weighted by molar-refractivity contribution is 0.0441. The van der Waals surface area contributed by atoms with Crippen molar-refractivity contribution in [1.82, 2.24) is 20.4 Å². The standard InChI is InChI=1S/C18H22N4O3/c1-11(2)19-18(23)22-9-13(10-22)24-15-6-4-3-5-14(15)17-20-16(21-25-17)12-7-8-12/h3-6,11-13H,7-10H2,1-2H3,(H,19,23). The summed E-state index contributed by atoms with van der Waals surface area (Å²) in [5, 5.41) is 6.95. The van der Waals surface area contributed by atoms with Crippen LogP contribution in [0.3, 0.4) is 0 Å². The van der Waals surface area contributed by atoms with Gasteiger partial charge in [-0.3, -0.25) is 0 Å². The average Bonchev–Trinajstić information content (AvgIpc) is 3.27. The van der Waals surface area contributed by atoms with Crippen LogP contribution in [0.2, 0.25) is 0 Å². The maximum atomic E-state index is 11.9. The molecule has 1 saturated carbocycles. The molecular weight excluding hydrogens is 320 g/mol. The topological polar surface area (TPSA) is 80.5 Å². The van der Waals surface area contributed by atoms with Gasteiger partial charge in [-0.2, -0.15) is 4.98 Å². The van der Waals surface area contributed by atoms with Gasteiger partial charge in [0.1, 0.15) is 11.9 Å². The van der Waals surface area contributed by atoms with Gasteiger partial charge in [-0.1, -0.05) is 17.3 Å². The van der Waals surface area contributed by atoms with E-state index in [1.807, 2.05) is 38.1 Å². The fourth-order valence-corrected chi connectivity index (χ4v) is 2.79. The maximum absolute atomic E-state index is 11.9. The van der Waals surface area contributed by atoms with Crippen LogP contribution in [0, 0.1) is 0 Å². The van der Waals surface area contributed by atoms with Gasteiger partial charge in [0.25, 0.3) is 5.89 Å². The summed E-state index contributed by atoms with van der Waals surface area (Å²) in [6.45, 7) is 5.04. The summed E-state index contributed by atoms with van der Waals surface area (Å²) in [6.07, 6.45) is 2.24. The Bertz CT molecular complexity index is 763. The molecule has 25 heavy (non-hydrogen) atoms. The summed E-state index contributed by atoms with van der Waals surface area (Å²) in [5.41, 5.74) is 0.798. The van der Waals surface area contributed by atoms with Crippen LogP contribution in [0.1, 0.15) is 38.4 Å². The van der Waals surface area contributed by atoms with Crippen molar-refractivity contribution in [2.75, 3.05) is 13.1 Å². The van der Waals surface area contributed by atoms with E-state index in [0.29, 0.717) is 30.6 Å². The van der Waals surface area contributed by atoms with E-state index in [1.165, 1.54) is 0 Å². The van der Waals surface area contributed by atoms with Crippen LogP contribution in [0.5, 0.6) is 5.75 Å². The summed E-state index contributed by atoms with van der Waals surface area (Å²) in [4.78, 5) is 18.2. The van der Waals surface area contributed by atoms with E-state index in [4.69, 9.17) is 9.26 Å². The van der Waals surface area contributed by atoms with Gasteiger partial charge in [-0.05, 0) is 38.8 Å². The van der Waals surface area contributed by atoms with E-state index >= 15 is 0 Å². The lowest BCUT2D eigenvalue weighted by Gasteiger charge is -2.39. The number of urea groups is 1. The van der Waals surface area contributed by atoms with Crippen LogP contribution < -0.4 is 10.1 Å². The van der Waals surface area contributed by atoms with Crippen LogP contribution in [-0.4, -0.2) is 46.3 Å². The molecule has 2 aliphatic rings. The molecule has 0 unspecified atom stereocenters. The van der Waals surface area contributed by atoms with Gasteiger partial charge in [-0.15, -0.1) is 0 Å². The second kappa shape index (κ2) is 6.38. The summed E-state index contributed by atoms with van der Waals surface area (Å²) < 4.78 is 11.5. The number of aromatic nitrogens is 2. The third-order valence-electron chi connectivity index (χ3n) is 4.34. The molecule has 2 heterocycles. The molecule has 1 aliphatic carbocycles. The van der Waals surface area contributed by atoms with E-state index in [-0.39, 0.29) is 18.2 Å². The molecule has 1 N–H and O–H groups in total. The van der Waals surface area contributed by atoms with Crippen molar-refractivity contribution in [2.24, 2.45) is 0 Å². The highest BCUT2D eigenvalue weighted by atomic mass is 16.5. The fourth-order valence-electron chi connectivity index (χ4n) is 2.79. The zero-order valence-corrected chi connectivity index (χ0v) is 14.4. The van der Waals surface area contributed by atoms with Gasteiger partial charge < -0.3 is 19.5 Å². The molecule has 4 rings (SSSR count). The molecule has 132 valence electrons. The summed E-state index contributed by atoms with van der Waals surface area (Å²) in [5.74, 6) is 2.43. The molecule has 1 aliphatic heterocycles. The van der Waals surface area contributed by atoms with Crippen LogP contribution in [0.15, 0.2) is 28.8 Å². The normalized spacial score (nSPS) is 17.5. The molecule has 7 heteroatoms. The number of benzene rings is 1. The van der Waals surface area contributed by atoms with Gasteiger partial charge >= 0.3 is 6.03 Å². The van der Waals surface area contributed by atoms with Crippen LogP contribution >= 0.6 is 0 Å². The Balaban J connectivity index is 1.41. The van der Waals surface area contributed by atoms with Gasteiger partial charge in [0, 0.05) is 12.0 Å². The van der Waals surface area contributed by atoms with Crippen LogP contribution in [0.25, 0.3) is 11.5 Å². The number of nitrogens with zero attached hydrogens (tertiary/aromatic N) is 3. The van der Waals surface area contributed by atoms with Crippen molar-refractivity contribution in [3.8, 4) is 17.2 Å². The van der Waals surface area contributed by atoms with E-state index in [9.17, 15) is 4.79 Å². The quantitative estimate of drug-likeness (QED) is 0.904. The van der Waals surface area contributed by atoms with E-state index in [1.54, 1.807) is 4.90 Å². The molecule has 1 saturated heterocycles. The number of ether oxygens (including phenoxy) is 1. The first-order valence-corrected chi connectivity index (χ1v) is 8.75. The van der Waals surface area contributed by atoms with E-state index in [0.717, 1.165) is 24.2 Å². The monoisotopic (exact) mass is 342 g/mol. The molecule has 2 fully saturated rings. The molecular formula is C18H22N4O3. The first kappa shape index (κ1) is 15.9. The third kappa shape index (κ3) is 3.45. The number of hydrogen-bond donors (Lipinski definition) is 1. The number of carbonyl (C=O) groups is 1. The van der Waals surface area contributed by atoms with Gasteiger partial charge in [-0.25, -0.2) is 4.79 Å². The summed E-state index contributed by atoms with van der Waals surface area (Å²) in [7, 11) is 0. The molecule has 7 nitrogen and oxygen atoms in total. The smallest absolute Gasteiger partial charge is 0.317 e. The Morgan fingerprint density at radius 2 is 2.08 bits per heavy atom. The second-order valence-electron chi connectivity index (χ2n) is 6.98. The largest absolute Gasteiger partial charge is 0.486 e. The number of hydrogen-bond acceptors (Lipinski definition) is 5. The highest BCUT2D eigenvalue weighted by Gasteiger charge is 2.33. The lowest BCUT2D eigenvalue weighted by atomic mass is 10.1. The number of nitrogens with one attached hydrogen (secondary N) is 1. The number of carbonyl (C=O) groups excluding carboxylic acids is 1. The zero-order valence-electron chi connectivity index (χ0n) is 14.4. The van der Waals surface area contributed by atoms with E-state index < -0.39 is 0 Å². The van der Waals surface area contributed by atoms with Crippen molar-refractivity contribution in [3.63, 3.8) is 0 Å². The average molecular weight is 342 g/mol. The lowest BCUT2D eigenvalue weighted by Crippen LogP contribution is -2.59. The predicted octanol–water partition coefficient (Wildman–Crippen LogP) is 2.80. The predicted molar refractivity (Wildman–Crippen MR) is 91.4 cm³/mol. The molecule has 0 bridgehead atoms. The Labute approximate surface area is 146 Å². The van der Waals surface area contributed by atoms with Crippen LogP contribution in [-0.2, 0) is 0 Å². The summed E-state index contributed by atoms with van der Waals surface area (Å²) >= 11 is 0. The van der Waals surface area contributed by atoms with Gasteiger partial charge in [0.15, 0.2) is 5.82 Å². The SMILES string of the molecule is CC(C)NC(=O)N1CC(Oc2ccccc2-c2nc(C3CC3)no2)C1. The van der Waals surface area contributed by atoms with Crippen molar-refractivity contribution in [3.05, 3.63) is 30.1 Å². The molecule has 0 radical (unpaired) electrons. The maximum Gasteiger partial charge on any atom is 0.317 e. The minimum absolute atomic E-state index is 0.0233. The number of para-hydroxylation sites is 1. The van der Waals surface area contributed by atoms with E-state index in [2.05, 4.69) is 15.5 Å². The third-order valence-corrected chi connectivity index (χ3v) is 4.34. The van der Waals surface area contributed by atoms with Gasteiger partial charge in [0.2, 0.25) is 0 Å². The van der Waals surface area contributed by atoms with Crippen molar-refractivity contribution < 1.29 is 14.1 Å². The molecule has 2 aromatic rings. The Morgan fingerprint density at radius 3 is 2.80 bits per heavy atom. The van der Waals surface area contributed by atoms with Crippen molar-refractivity contribution >= 4 is 6.03 Å². The highest BCUT2D eigenvalue weighted by molar-refractivity contribution is 5.75. The van der Waals surface area contributed by atoms with Crippen molar-refractivity contribution in [1.29, 1.82) is 0 Å². The first-order chi connectivity index (χ1) is 12.1. The molecule has 2 amide bonds. The fraction of sp³-hybridized carbons (Fsp3) is 0.500. The van der Waals surface area contributed by atoms with Gasteiger partial charge in [0.05, 0.1) is 18.7 Å². The number of likely N-dealkylation sites (tertiary alicyclic amines) is 1. The Kier molecular flexibility index (Phi) is 4.07. The Morgan fingerprint density at radius 1 is 1.32 bits per heavy atom. The summed E-state index contributed by atoms with van der Waals surface area (Å²) in [6, 6.07) is 7.74. The molecule has 0 atom stereocenters. The second-order valence-corrected chi connectivity index (χ2v) is 6.98. The highest BCUT2D eigenvalue weighted by Crippen LogP contribution is 2.39. The van der Waals surface area contributed by atoms with Crippen LogP contribution in [0.4, 0.5) is 4.79 Å². The minimum Gasteiger partial charge on any atom is -0.486 e. The molecule has 0 spiro atoms. The van der Waals surface area contributed by atoms with Crippen molar-refractivity contribution in [2.45, 2.75) is 44.8 Å². The first-order valence-electron chi connectivity index (χ1n) is 8.75. The molecule has 1 aromatic carbocycles. The Hall–Kier alpha value is -2.57. The number of amides is 2. The molecule has 1 aromatic heterocycles. The zero-order chi connectivity index (χ0) is 17.4.